The van der Waals surface area contributed by atoms with Gasteiger partial charge < -0.3 is 16.8 Å². The van der Waals surface area contributed by atoms with Crippen molar-refractivity contribution >= 4 is 42.1 Å². The van der Waals surface area contributed by atoms with E-state index in [9.17, 15) is 0 Å². The molecule has 0 rings (SSSR count). The minimum atomic E-state index is -2.83. The van der Waals surface area contributed by atoms with E-state index in [0.29, 0.717) is 0 Å². The maximum Gasteiger partial charge on any atom is 0.469 e. The molecule has 0 aromatic heterocycles. The van der Waals surface area contributed by atoms with Gasteiger partial charge in [-0.05, 0) is 80.0 Å². The average molecular weight is 595 g/mol. The second kappa shape index (κ2) is 17.6. The van der Waals surface area contributed by atoms with Gasteiger partial charge in [-0.2, -0.15) is 0 Å². The van der Waals surface area contributed by atoms with Crippen molar-refractivity contribution in [2.24, 2.45) is 0 Å². The van der Waals surface area contributed by atoms with Crippen LogP contribution in [-0.2, 0) is 16.8 Å². The first-order valence-electron chi connectivity index (χ1n) is 15.6. The standard InChI is InChI=1S/C27H66O4Si5/c1-13-33(14-2,15-3)29-36(30-34(16-4,17-5)18-6,31-35(19-7,20-8)21-9)27-25-23-22-24-26-32(11,12)28-10/h13-27H2,1-12H3. The molecule has 36 heavy (non-hydrogen) atoms. The molecule has 0 N–H and O–H groups in total. The maximum absolute atomic E-state index is 7.56. The molecule has 9 heteroatoms. The SMILES string of the molecule is CC[Si](CC)(CC)O[Si](CCCCCC[Si](C)(C)OC)(O[Si](CC)(CC)CC)O[Si](CC)(CC)CC. The third kappa shape index (κ3) is 11.2. The van der Waals surface area contributed by atoms with Gasteiger partial charge in [-0.3, -0.25) is 0 Å². The van der Waals surface area contributed by atoms with Crippen LogP contribution in [0.5, 0.6) is 0 Å². The molecule has 0 saturated heterocycles. The van der Waals surface area contributed by atoms with E-state index in [-0.39, 0.29) is 0 Å². The van der Waals surface area contributed by atoms with Gasteiger partial charge in [0.25, 0.3) is 0 Å². The quantitative estimate of drug-likeness (QED) is 0.0871. The van der Waals surface area contributed by atoms with Gasteiger partial charge in [0, 0.05) is 13.2 Å². The lowest BCUT2D eigenvalue weighted by Crippen LogP contribution is -2.64. The normalized spacial score (nSPS) is 14.0. The monoisotopic (exact) mass is 594 g/mol. The van der Waals surface area contributed by atoms with Crippen LogP contribution in [0.25, 0.3) is 0 Å². The van der Waals surface area contributed by atoms with Crippen LogP contribution >= 0.6 is 0 Å². The van der Waals surface area contributed by atoms with Crippen molar-refractivity contribution < 1.29 is 16.8 Å². The van der Waals surface area contributed by atoms with E-state index in [0.717, 1.165) is 60.4 Å². The van der Waals surface area contributed by atoms with Gasteiger partial charge in [0.2, 0.25) is 0 Å². The van der Waals surface area contributed by atoms with Gasteiger partial charge in [-0.25, -0.2) is 0 Å². The summed E-state index contributed by atoms with van der Waals surface area (Å²) in [4.78, 5) is 0. The second-order valence-corrected chi connectivity index (χ2v) is 33.8. The van der Waals surface area contributed by atoms with Crippen molar-refractivity contribution in [1.82, 2.24) is 0 Å². The molecule has 0 bridgehead atoms. The van der Waals surface area contributed by atoms with E-state index in [1.165, 1.54) is 31.7 Å². The molecule has 0 fully saturated rings. The van der Waals surface area contributed by atoms with Crippen LogP contribution in [0.15, 0.2) is 0 Å². The molecule has 0 heterocycles. The average Bonchev–Trinajstić information content (AvgIpc) is 2.91. The van der Waals surface area contributed by atoms with Crippen LogP contribution in [0, 0.1) is 0 Å². The van der Waals surface area contributed by atoms with Crippen molar-refractivity contribution in [3.63, 3.8) is 0 Å². The maximum atomic E-state index is 7.56. The molecule has 0 saturated carbocycles. The molecule has 0 atom stereocenters. The minimum Gasteiger partial charge on any atom is -0.420 e. The Balaban J connectivity index is 6.23. The summed E-state index contributed by atoms with van der Waals surface area (Å²) in [5.74, 6) is 0. The molecule has 0 aliphatic rings. The van der Waals surface area contributed by atoms with E-state index in [2.05, 4.69) is 75.4 Å². The topological polar surface area (TPSA) is 36.9 Å². The van der Waals surface area contributed by atoms with Crippen LogP contribution in [0.3, 0.4) is 0 Å². The number of unbranched alkanes of at least 4 members (excludes halogenated alkanes) is 3. The Kier molecular flexibility index (Phi) is 18.0. The lowest BCUT2D eigenvalue weighted by molar-refractivity contribution is 0.237. The van der Waals surface area contributed by atoms with E-state index < -0.39 is 42.1 Å². The van der Waals surface area contributed by atoms with Crippen LogP contribution in [0.1, 0.15) is 88.0 Å². The summed E-state index contributed by atoms with van der Waals surface area (Å²) in [7, 11) is -8.07. The summed E-state index contributed by atoms with van der Waals surface area (Å²) >= 11 is 0. The van der Waals surface area contributed by atoms with Gasteiger partial charge in [0.15, 0.2) is 33.3 Å². The zero-order valence-electron chi connectivity index (χ0n) is 26.7. The van der Waals surface area contributed by atoms with Crippen molar-refractivity contribution in [2.45, 2.75) is 168 Å². The highest BCUT2D eigenvalue weighted by Gasteiger charge is 2.54. The molecule has 0 aromatic rings. The number of hydrogen-bond acceptors (Lipinski definition) is 4. The predicted molar refractivity (Wildman–Crippen MR) is 173 cm³/mol. The fourth-order valence-corrected chi connectivity index (χ4v) is 27.9. The molecule has 0 radical (unpaired) electrons. The first kappa shape index (κ1) is 36.9. The van der Waals surface area contributed by atoms with Crippen LogP contribution in [0.4, 0.5) is 0 Å². The van der Waals surface area contributed by atoms with Crippen molar-refractivity contribution in [3.05, 3.63) is 0 Å². The Hall–Kier alpha value is 0.924. The summed E-state index contributed by atoms with van der Waals surface area (Å²) in [6.45, 7) is 25.9. The summed E-state index contributed by atoms with van der Waals surface area (Å²) in [6, 6.07) is 12.7. The molecule has 4 nitrogen and oxygen atoms in total. The van der Waals surface area contributed by atoms with E-state index in [4.69, 9.17) is 16.8 Å². The van der Waals surface area contributed by atoms with Crippen LogP contribution in [0.2, 0.25) is 79.6 Å². The summed E-state index contributed by atoms with van der Waals surface area (Å²) in [5.41, 5.74) is 0. The Morgan fingerprint density at radius 1 is 0.417 bits per heavy atom. The van der Waals surface area contributed by atoms with E-state index in [1.54, 1.807) is 0 Å². The highest BCUT2D eigenvalue weighted by Crippen LogP contribution is 2.39. The Bertz CT molecular complexity index is 485. The zero-order valence-corrected chi connectivity index (χ0v) is 31.7. The van der Waals surface area contributed by atoms with Crippen LogP contribution in [-0.4, -0.2) is 49.2 Å². The summed E-state index contributed by atoms with van der Waals surface area (Å²) < 4.78 is 28.5. The lowest BCUT2D eigenvalue weighted by atomic mass is 10.2. The number of rotatable bonds is 23. The summed E-state index contributed by atoms with van der Waals surface area (Å²) in [6.07, 6.45) is 4.97. The van der Waals surface area contributed by atoms with Crippen molar-refractivity contribution in [2.75, 3.05) is 7.11 Å². The fraction of sp³-hybridized carbons (Fsp3) is 1.00. The highest BCUT2D eigenvalue weighted by molar-refractivity contribution is 6.92. The van der Waals surface area contributed by atoms with Gasteiger partial charge in [0.1, 0.15) is 0 Å². The molecule has 0 aromatic carbocycles. The third-order valence-electron chi connectivity index (χ3n) is 9.48. The molecule has 0 amide bonds. The largest absolute Gasteiger partial charge is 0.469 e. The summed E-state index contributed by atoms with van der Waals surface area (Å²) in [5, 5.41) is 0. The Morgan fingerprint density at radius 3 is 0.944 bits per heavy atom. The molecule has 218 valence electrons. The van der Waals surface area contributed by atoms with Gasteiger partial charge in [0.05, 0.1) is 0 Å². The van der Waals surface area contributed by atoms with Gasteiger partial charge in [-0.1, -0.05) is 81.6 Å². The Labute approximate surface area is 232 Å². The zero-order chi connectivity index (χ0) is 27.9. The molecule has 0 unspecified atom stereocenters. The van der Waals surface area contributed by atoms with Crippen LogP contribution < -0.4 is 0 Å². The van der Waals surface area contributed by atoms with E-state index >= 15 is 0 Å². The molecule has 0 aliphatic heterocycles. The Morgan fingerprint density at radius 2 is 0.694 bits per heavy atom. The van der Waals surface area contributed by atoms with Gasteiger partial charge >= 0.3 is 8.80 Å². The highest BCUT2D eigenvalue weighted by atomic mass is 28.5. The first-order chi connectivity index (χ1) is 16.9. The molecular formula is C27H66O4Si5. The van der Waals surface area contributed by atoms with E-state index in [1.807, 2.05) is 7.11 Å². The fourth-order valence-electron chi connectivity index (χ4n) is 5.45. The first-order valence-corrected chi connectivity index (χ1v) is 28.2. The minimum absolute atomic E-state index is 1.02. The number of hydrogen-bond donors (Lipinski definition) is 0. The van der Waals surface area contributed by atoms with Crippen molar-refractivity contribution in [3.8, 4) is 0 Å². The lowest BCUT2D eigenvalue weighted by Gasteiger charge is -2.48. The molecule has 0 aliphatic carbocycles. The molecule has 0 spiro atoms. The van der Waals surface area contributed by atoms with Gasteiger partial charge in [-0.15, -0.1) is 0 Å². The molecular weight excluding hydrogens is 529 g/mol. The third-order valence-corrected chi connectivity index (χ3v) is 33.6. The van der Waals surface area contributed by atoms with Crippen molar-refractivity contribution in [1.29, 1.82) is 0 Å². The second-order valence-electron chi connectivity index (χ2n) is 11.6. The smallest absolute Gasteiger partial charge is 0.420 e. The predicted octanol–water partition coefficient (Wildman–Crippen LogP) is 10.4.